The normalized spacial score (nSPS) is 20.1. The van der Waals surface area contributed by atoms with Gasteiger partial charge in [0.1, 0.15) is 5.78 Å². The van der Waals surface area contributed by atoms with Crippen molar-refractivity contribution in [1.29, 1.82) is 0 Å². The third-order valence-corrected chi connectivity index (χ3v) is 3.87. The number of Topliss-reactive ketones (excluding diaryl/α,β-unsaturated/α-hetero) is 1. The molecule has 0 aromatic heterocycles. The molecule has 0 spiro atoms. The molecular formula is C14H16BrNO2. The number of benzene rings is 1. The van der Waals surface area contributed by atoms with Crippen LogP contribution in [0.4, 0.5) is 0 Å². The van der Waals surface area contributed by atoms with Gasteiger partial charge in [-0.15, -0.1) is 0 Å². The molecule has 1 aromatic rings. The summed E-state index contributed by atoms with van der Waals surface area (Å²) in [5.41, 5.74) is 1.68. The minimum absolute atomic E-state index is 0.0272. The Morgan fingerprint density at radius 3 is 2.78 bits per heavy atom. The van der Waals surface area contributed by atoms with Crippen molar-refractivity contribution in [1.82, 2.24) is 4.90 Å². The number of carbonyl (C=O) groups excluding carboxylic acids is 2. The van der Waals surface area contributed by atoms with E-state index in [-0.39, 0.29) is 17.6 Å². The van der Waals surface area contributed by atoms with E-state index in [1.807, 2.05) is 32.0 Å². The monoisotopic (exact) mass is 309 g/mol. The van der Waals surface area contributed by atoms with E-state index in [1.54, 1.807) is 4.90 Å². The molecule has 4 heteroatoms. The standard InChI is InChI=1S/C14H16BrNO2/c1-9-7-11(15)3-4-12(9)14(18)16-6-5-13(17)10(2)8-16/h3-4,7,10H,5-6,8H2,1-2H3. The molecule has 1 aliphatic rings. The van der Waals surface area contributed by atoms with Gasteiger partial charge in [0.05, 0.1) is 0 Å². The van der Waals surface area contributed by atoms with Crippen molar-refractivity contribution in [2.45, 2.75) is 20.3 Å². The molecule has 1 unspecified atom stereocenters. The summed E-state index contributed by atoms with van der Waals surface area (Å²) >= 11 is 3.39. The Balaban J connectivity index is 2.19. The Hall–Kier alpha value is -1.16. The molecule has 96 valence electrons. The number of carbonyl (C=O) groups is 2. The van der Waals surface area contributed by atoms with Gasteiger partial charge in [-0.3, -0.25) is 9.59 Å². The highest BCUT2D eigenvalue weighted by Gasteiger charge is 2.27. The Morgan fingerprint density at radius 2 is 2.17 bits per heavy atom. The van der Waals surface area contributed by atoms with E-state index in [9.17, 15) is 9.59 Å². The summed E-state index contributed by atoms with van der Waals surface area (Å²) in [5, 5.41) is 0. The van der Waals surface area contributed by atoms with E-state index in [0.717, 1.165) is 15.6 Å². The van der Waals surface area contributed by atoms with Gasteiger partial charge in [-0.25, -0.2) is 0 Å². The molecule has 0 aliphatic carbocycles. The van der Waals surface area contributed by atoms with Crippen LogP contribution in [0, 0.1) is 12.8 Å². The third-order valence-electron chi connectivity index (χ3n) is 3.38. The first-order chi connectivity index (χ1) is 8.49. The minimum atomic E-state index is -0.0431. The van der Waals surface area contributed by atoms with Gasteiger partial charge in [0, 0.05) is 35.5 Å². The number of ketones is 1. The Labute approximate surface area is 115 Å². The van der Waals surface area contributed by atoms with Crippen LogP contribution in [-0.2, 0) is 4.79 Å². The highest BCUT2D eigenvalue weighted by atomic mass is 79.9. The fourth-order valence-corrected chi connectivity index (χ4v) is 2.71. The van der Waals surface area contributed by atoms with Gasteiger partial charge in [0.2, 0.25) is 0 Å². The van der Waals surface area contributed by atoms with E-state index in [1.165, 1.54) is 0 Å². The number of aryl methyl sites for hydroxylation is 1. The Bertz CT molecular complexity index is 499. The summed E-state index contributed by atoms with van der Waals surface area (Å²) in [6.45, 7) is 4.89. The maximum absolute atomic E-state index is 12.4. The molecule has 1 heterocycles. The summed E-state index contributed by atoms with van der Waals surface area (Å²) < 4.78 is 0.971. The summed E-state index contributed by atoms with van der Waals surface area (Å²) in [6.07, 6.45) is 0.475. The maximum Gasteiger partial charge on any atom is 0.254 e. The number of amides is 1. The van der Waals surface area contributed by atoms with Gasteiger partial charge in [-0.1, -0.05) is 22.9 Å². The highest BCUT2D eigenvalue weighted by molar-refractivity contribution is 9.10. The molecule has 3 nitrogen and oxygen atoms in total. The molecule has 1 saturated heterocycles. The maximum atomic E-state index is 12.4. The molecule has 2 rings (SSSR count). The van der Waals surface area contributed by atoms with Crippen molar-refractivity contribution in [3.05, 3.63) is 33.8 Å². The molecule has 18 heavy (non-hydrogen) atoms. The predicted octanol–water partition coefficient (Wildman–Crippen LogP) is 2.81. The first-order valence-corrected chi connectivity index (χ1v) is 6.86. The Morgan fingerprint density at radius 1 is 1.44 bits per heavy atom. The zero-order valence-corrected chi connectivity index (χ0v) is 12.2. The topological polar surface area (TPSA) is 37.4 Å². The average Bonchev–Trinajstić information content (AvgIpc) is 2.32. The highest BCUT2D eigenvalue weighted by Crippen LogP contribution is 2.20. The summed E-state index contributed by atoms with van der Waals surface area (Å²) in [5.74, 6) is 0.240. The molecule has 1 aromatic carbocycles. The van der Waals surface area contributed by atoms with E-state index in [4.69, 9.17) is 0 Å². The van der Waals surface area contributed by atoms with Crippen LogP contribution < -0.4 is 0 Å². The van der Waals surface area contributed by atoms with Crippen molar-refractivity contribution in [2.24, 2.45) is 5.92 Å². The molecule has 0 radical (unpaired) electrons. The minimum Gasteiger partial charge on any atom is -0.337 e. The summed E-state index contributed by atoms with van der Waals surface area (Å²) in [7, 11) is 0. The zero-order chi connectivity index (χ0) is 13.3. The quantitative estimate of drug-likeness (QED) is 0.800. The lowest BCUT2D eigenvalue weighted by Gasteiger charge is -2.30. The molecule has 0 N–H and O–H groups in total. The SMILES string of the molecule is Cc1cc(Br)ccc1C(=O)N1CCC(=O)C(C)C1. The average molecular weight is 310 g/mol. The molecule has 0 saturated carbocycles. The molecule has 1 atom stereocenters. The van der Waals surface area contributed by atoms with E-state index < -0.39 is 0 Å². The Kier molecular flexibility index (Phi) is 3.85. The second kappa shape index (κ2) is 5.22. The molecule has 1 aliphatic heterocycles. The van der Waals surface area contributed by atoms with E-state index in [2.05, 4.69) is 15.9 Å². The van der Waals surface area contributed by atoms with E-state index in [0.29, 0.717) is 19.5 Å². The van der Waals surface area contributed by atoms with Crippen LogP contribution in [0.5, 0.6) is 0 Å². The molecule has 1 fully saturated rings. The zero-order valence-electron chi connectivity index (χ0n) is 10.6. The van der Waals surface area contributed by atoms with Crippen molar-refractivity contribution in [3.8, 4) is 0 Å². The number of hydrogen-bond donors (Lipinski definition) is 0. The lowest BCUT2D eigenvalue weighted by Crippen LogP contribution is -2.43. The molecule has 0 bridgehead atoms. The van der Waals surface area contributed by atoms with Crippen LogP contribution in [0.1, 0.15) is 29.3 Å². The summed E-state index contributed by atoms with van der Waals surface area (Å²) in [6, 6.07) is 5.65. The third kappa shape index (κ3) is 2.64. The van der Waals surface area contributed by atoms with Crippen LogP contribution >= 0.6 is 15.9 Å². The van der Waals surface area contributed by atoms with Crippen molar-refractivity contribution >= 4 is 27.6 Å². The first-order valence-electron chi connectivity index (χ1n) is 6.07. The van der Waals surface area contributed by atoms with Crippen molar-refractivity contribution < 1.29 is 9.59 Å². The number of hydrogen-bond acceptors (Lipinski definition) is 2. The van der Waals surface area contributed by atoms with Gasteiger partial charge < -0.3 is 4.90 Å². The van der Waals surface area contributed by atoms with Gasteiger partial charge in [-0.05, 0) is 30.7 Å². The number of rotatable bonds is 1. The fraction of sp³-hybridized carbons (Fsp3) is 0.429. The summed E-state index contributed by atoms with van der Waals surface area (Å²) in [4.78, 5) is 25.6. The predicted molar refractivity (Wildman–Crippen MR) is 73.6 cm³/mol. The van der Waals surface area contributed by atoms with Crippen LogP contribution in [0.3, 0.4) is 0 Å². The molecule has 1 amide bonds. The van der Waals surface area contributed by atoms with Crippen LogP contribution in [0.25, 0.3) is 0 Å². The van der Waals surface area contributed by atoms with Gasteiger partial charge in [0.15, 0.2) is 0 Å². The van der Waals surface area contributed by atoms with E-state index >= 15 is 0 Å². The lowest BCUT2D eigenvalue weighted by atomic mass is 9.97. The number of halogens is 1. The number of piperidine rings is 1. The number of nitrogens with zero attached hydrogens (tertiary/aromatic N) is 1. The molecular weight excluding hydrogens is 294 g/mol. The van der Waals surface area contributed by atoms with Crippen LogP contribution in [-0.4, -0.2) is 29.7 Å². The van der Waals surface area contributed by atoms with Gasteiger partial charge >= 0.3 is 0 Å². The lowest BCUT2D eigenvalue weighted by molar-refractivity contribution is -0.124. The van der Waals surface area contributed by atoms with Crippen LogP contribution in [0.2, 0.25) is 0 Å². The second-order valence-electron chi connectivity index (χ2n) is 4.83. The number of likely N-dealkylation sites (tertiary alicyclic amines) is 1. The van der Waals surface area contributed by atoms with Gasteiger partial charge in [-0.2, -0.15) is 0 Å². The van der Waals surface area contributed by atoms with Gasteiger partial charge in [0.25, 0.3) is 5.91 Å². The van der Waals surface area contributed by atoms with Crippen LogP contribution in [0.15, 0.2) is 22.7 Å². The smallest absolute Gasteiger partial charge is 0.254 e. The second-order valence-corrected chi connectivity index (χ2v) is 5.74. The fourth-order valence-electron chi connectivity index (χ4n) is 2.24. The largest absolute Gasteiger partial charge is 0.337 e. The van der Waals surface area contributed by atoms with Crippen molar-refractivity contribution in [2.75, 3.05) is 13.1 Å². The first kappa shape index (κ1) is 13.3. The van der Waals surface area contributed by atoms with Crippen molar-refractivity contribution in [3.63, 3.8) is 0 Å².